The minimum Gasteiger partial charge on any atom is -0.302 e. The molecule has 1 fully saturated rings. The minimum atomic E-state index is -3.60. The predicted molar refractivity (Wildman–Crippen MR) is 81.3 cm³/mol. The van der Waals surface area contributed by atoms with E-state index < -0.39 is 15.8 Å². The van der Waals surface area contributed by atoms with Gasteiger partial charge in [-0.1, -0.05) is 6.42 Å². The number of hydrogen-bond donors (Lipinski definition) is 1. The lowest BCUT2D eigenvalue weighted by molar-refractivity contribution is 0.187. The molecule has 1 aromatic rings. The molecular formula is C15H23FN2O2S. The molecule has 0 spiro atoms. The molecule has 1 saturated heterocycles. The molecule has 0 aromatic heterocycles. The number of nitrogens with zero attached hydrogens (tertiary/aromatic N) is 1. The van der Waals surface area contributed by atoms with Crippen molar-refractivity contribution in [1.29, 1.82) is 0 Å². The average Bonchev–Trinajstić information content (AvgIpc) is 2.36. The van der Waals surface area contributed by atoms with Crippen LogP contribution in [-0.2, 0) is 10.0 Å². The van der Waals surface area contributed by atoms with Crippen molar-refractivity contribution in [1.82, 2.24) is 9.62 Å². The molecule has 0 radical (unpaired) electrons. The standard InChI is InChI=1S/C15H23FN2O2S/c1-11-8-13(16)9-12(2)15(11)21(19,20)17-10-14-6-4-5-7-18(14)3/h8-9,14,17H,4-7,10H2,1-3H3. The second kappa shape index (κ2) is 6.42. The molecule has 21 heavy (non-hydrogen) atoms. The number of piperidine rings is 1. The van der Waals surface area contributed by atoms with Gasteiger partial charge < -0.3 is 4.90 Å². The van der Waals surface area contributed by atoms with Gasteiger partial charge in [-0.15, -0.1) is 0 Å². The van der Waals surface area contributed by atoms with E-state index in [4.69, 9.17) is 0 Å². The first kappa shape index (κ1) is 16.4. The van der Waals surface area contributed by atoms with Crippen molar-refractivity contribution in [3.05, 3.63) is 29.1 Å². The molecular weight excluding hydrogens is 291 g/mol. The lowest BCUT2D eigenvalue weighted by atomic mass is 10.0. The fraction of sp³-hybridized carbons (Fsp3) is 0.600. The highest BCUT2D eigenvalue weighted by Gasteiger charge is 2.24. The Morgan fingerprint density at radius 2 is 1.90 bits per heavy atom. The second-order valence-corrected chi connectivity index (χ2v) is 7.55. The summed E-state index contributed by atoms with van der Waals surface area (Å²) in [6.45, 7) is 4.64. The first-order chi connectivity index (χ1) is 9.81. The van der Waals surface area contributed by atoms with Crippen molar-refractivity contribution in [2.24, 2.45) is 0 Å². The first-order valence-corrected chi connectivity index (χ1v) is 8.76. The molecule has 1 aliphatic rings. The van der Waals surface area contributed by atoms with Gasteiger partial charge in [0.25, 0.3) is 0 Å². The molecule has 0 saturated carbocycles. The highest BCUT2D eigenvalue weighted by molar-refractivity contribution is 7.89. The van der Waals surface area contributed by atoms with Crippen LogP contribution in [0, 0.1) is 19.7 Å². The molecule has 1 N–H and O–H groups in total. The topological polar surface area (TPSA) is 49.4 Å². The predicted octanol–water partition coefficient (Wildman–Crippen LogP) is 2.21. The number of likely N-dealkylation sites (tertiary alicyclic amines) is 1. The van der Waals surface area contributed by atoms with Crippen LogP contribution in [-0.4, -0.2) is 39.5 Å². The molecule has 6 heteroatoms. The Morgan fingerprint density at radius 3 is 2.48 bits per heavy atom. The van der Waals surface area contributed by atoms with E-state index >= 15 is 0 Å². The molecule has 0 aliphatic carbocycles. The molecule has 1 heterocycles. The lowest BCUT2D eigenvalue weighted by Crippen LogP contribution is -2.44. The Labute approximate surface area is 126 Å². The smallest absolute Gasteiger partial charge is 0.241 e. The normalized spacial score (nSPS) is 20.7. The van der Waals surface area contributed by atoms with Gasteiger partial charge in [0.15, 0.2) is 0 Å². The maximum atomic E-state index is 13.3. The van der Waals surface area contributed by atoms with Gasteiger partial charge in [0.05, 0.1) is 4.90 Å². The Balaban J connectivity index is 2.15. The second-order valence-electron chi connectivity index (χ2n) is 5.85. The van der Waals surface area contributed by atoms with Crippen LogP contribution in [0.5, 0.6) is 0 Å². The number of sulfonamides is 1. The average molecular weight is 314 g/mol. The van der Waals surface area contributed by atoms with E-state index in [1.165, 1.54) is 12.1 Å². The summed E-state index contributed by atoms with van der Waals surface area (Å²) >= 11 is 0. The van der Waals surface area contributed by atoms with Crippen LogP contribution < -0.4 is 4.72 Å². The zero-order valence-corrected chi connectivity index (χ0v) is 13.6. The summed E-state index contributed by atoms with van der Waals surface area (Å²) in [4.78, 5) is 2.39. The summed E-state index contributed by atoms with van der Waals surface area (Å²) in [5, 5.41) is 0. The first-order valence-electron chi connectivity index (χ1n) is 7.28. The van der Waals surface area contributed by atoms with Gasteiger partial charge in [-0.2, -0.15) is 0 Å². The van der Waals surface area contributed by atoms with Gasteiger partial charge in [0.2, 0.25) is 10.0 Å². The number of hydrogen-bond acceptors (Lipinski definition) is 3. The van der Waals surface area contributed by atoms with E-state index in [1.807, 2.05) is 7.05 Å². The lowest BCUT2D eigenvalue weighted by Gasteiger charge is -2.32. The quantitative estimate of drug-likeness (QED) is 0.927. The van der Waals surface area contributed by atoms with Crippen molar-refractivity contribution >= 4 is 10.0 Å². The number of rotatable bonds is 4. The zero-order valence-electron chi connectivity index (χ0n) is 12.8. The molecule has 118 valence electrons. The fourth-order valence-corrected chi connectivity index (χ4v) is 4.52. The molecule has 1 aromatic carbocycles. The molecule has 1 aliphatic heterocycles. The fourth-order valence-electron chi connectivity index (χ4n) is 3.00. The maximum absolute atomic E-state index is 13.3. The zero-order chi connectivity index (χ0) is 15.6. The minimum absolute atomic E-state index is 0.197. The summed E-state index contributed by atoms with van der Waals surface area (Å²) in [7, 11) is -1.58. The Kier molecular flexibility index (Phi) is 5.01. The highest BCUT2D eigenvalue weighted by Crippen LogP contribution is 2.22. The third-order valence-electron chi connectivity index (χ3n) is 4.12. The van der Waals surface area contributed by atoms with Crippen LogP contribution in [0.3, 0.4) is 0 Å². The monoisotopic (exact) mass is 314 g/mol. The number of halogens is 1. The summed E-state index contributed by atoms with van der Waals surface area (Å²) in [6.07, 6.45) is 3.29. The van der Waals surface area contributed by atoms with Gasteiger partial charge >= 0.3 is 0 Å². The van der Waals surface area contributed by atoms with E-state index in [0.717, 1.165) is 25.8 Å². The summed E-state index contributed by atoms with van der Waals surface area (Å²) in [5.74, 6) is -0.407. The Hall–Kier alpha value is -0.980. The van der Waals surface area contributed by atoms with Crippen molar-refractivity contribution in [3.8, 4) is 0 Å². The molecule has 0 bridgehead atoms. The van der Waals surface area contributed by atoms with E-state index in [0.29, 0.717) is 17.7 Å². The molecule has 0 amide bonds. The SMILES string of the molecule is Cc1cc(F)cc(C)c1S(=O)(=O)NCC1CCCCN1C. The maximum Gasteiger partial charge on any atom is 0.241 e. The van der Waals surface area contributed by atoms with Crippen LogP contribution in [0.15, 0.2) is 17.0 Å². The Bertz CT molecular complexity index is 593. The summed E-state index contributed by atoms with van der Waals surface area (Å²) in [5.41, 5.74) is 0.883. The van der Waals surface area contributed by atoms with E-state index in [-0.39, 0.29) is 10.9 Å². The van der Waals surface area contributed by atoms with E-state index in [9.17, 15) is 12.8 Å². The van der Waals surface area contributed by atoms with Crippen LogP contribution in [0.25, 0.3) is 0 Å². The third-order valence-corrected chi connectivity index (χ3v) is 5.85. The number of nitrogens with one attached hydrogen (secondary N) is 1. The number of aryl methyl sites for hydroxylation is 2. The number of likely N-dealkylation sites (N-methyl/N-ethyl adjacent to an activating group) is 1. The van der Waals surface area contributed by atoms with Gasteiger partial charge in [0.1, 0.15) is 5.82 Å². The van der Waals surface area contributed by atoms with E-state index in [2.05, 4.69) is 9.62 Å². The van der Waals surface area contributed by atoms with Crippen LogP contribution in [0.1, 0.15) is 30.4 Å². The van der Waals surface area contributed by atoms with Crippen LogP contribution in [0.4, 0.5) is 4.39 Å². The van der Waals surface area contributed by atoms with Gasteiger partial charge in [-0.3, -0.25) is 0 Å². The summed E-state index contributed by atoms with van der Waals surface area (Å²) < 4.78 is 41.0. The largest absolute Gasteiger partial charge is 0.302 e. The van der Waals surface area contributed by atoms with Gasteiger partial charge in [0, 0.05) is 12.6 Å². The Morgan fingerprint density at radius 1 is 1.29 bits per heavy atom. The van der Waals surface area contributed by atoms with Crippen molar-refractivity contribution < 1.29 is 12.8 Å². The van der Waals surface area contributed by atoms with Gasteiger partial charge in [-0.05, 0) is 63.5 Å². The highest BCUT2D eigenvalue weighted by atomic mass is 32.2. The molecule has 1 atom stereocenters. The van der Waals surface area contributed by atoms with Crippen LogP contribution in [0.2, 0.25) is 0 Å². The molecule has 4 nitrogen and oxygen atoms in total. The van der Waals surface area contributed by atoms with Crippen molar-refractivity contribution in [3.63, 3.8) is 0 Å². The summed E-state index contributed by atoms with van der Waals surface area (Å²) in [6, 6.07) is 2.75. The van der Waals surface area contributed by atoms with Crippen molar-refractivity contribution in [2.45, 2.75) is 44.0 Å². The molecule has 1 unspecified atom stereocenters. The third kappa shape index (κ3) is 3.81. The van der Waals surface area contributed by atoms with E-state index in [1.54, 1.807) is 13.8 Å². The van der Waals surface area contributed by atoms with Crippen molar-refractivity contribution in [2.75, 3.05) is 20.1 Å². The van der Waals surface area contributed by atoms with Crippen LogP contribution >= 0.6 is 0 Å². The number of benzene rings is 1. The van der Waals surface area contributed by atoms with Gasteiger partial charge in [-0.25, -0.2) is 17.5 Å². The molecule has 2 rings (SSSR count).